The molecule has 126 valence electrons. The van der Waals surface area contributed by atoms with Crippen LogP contribution in [-0.4, -0.2) is 26.9 Å². The molecule has 1 unspecified atom stereocenters. The molecular weight excluding hydrogens is 314 g/mol. The van der Waals surface area contributed by atoms with Gasteiger partial charge in [0.1, 0.15) is 11.5 Å². The van der Waals surface area contributed by atoms with Crippen LogP contribution in [-0.2, 0) is 6.54 Å². The highest BCUT2D eigenvalue weighted by atomic mass is 16.5. The lowest BCUT2D eigenvalue weighted by molar-refractivity contribution is 0.0643. The van der Waals surface area contributed by atoms with E-state index in [0.29, 0.717) is 23.6 Å². The number of pyridine rings is 1. The van der Waals surface area contributed by atoms with Crippen molar-refractivity contribution >= 4 is 5.91 Å². The summed E-state index contributed by atoms with van der Waals surface area (Å²) < 4.78 is 8.02. The Morgan fingerprint density at radius 3 is 2.76 bits per heavy atom. The van der Waals surface area contributed by atoms with Gasteiger partial charge in [-0.05, 0) is 49.4 Å². The van der Waals surface area contributed by atoms with E-state index in [1.54, 1.807) is 30.6 Å². The lowest BCUT2D eigenvalue weighted by Crippen LogP contribution is -2.40. The van der Waals surface area contributed by atoms with Gasteiger partial charge >= 0.3 is 0 Å². The average Bonchev–Trinajstić information content (AvgIpc) is 3.12. The fraction of sp³-hybridized carbons (Fsp3) is 0.200. The Kier molecular flexibility index (Phi) is 3.98. The van der Waals surface area contributed by atoms with Gasteiger partial charge in [0.2, 0.25) is 0 Å². The Bertz CT molecular complexity index is 889. The van der Waals surface area contributed by atoms with Crippen molar-refractivity contribution in [2.45, 2.75) is 19.5 Å². The zero-order valence-electron chi connectivity index (χ0n) is 14.0. The third-order valence-electron chi connectivity index (χ3n) is 4.57. The molecule has 1 aliphatic heterocycles. The standard InChI is InChI=1S/C20H19N3O2/c1-15-19-6-3-11-22(19)12-13-23(15)20(24)16-4-2-5-18(14-16)25-17-7-9-21-10-8-17/h2-11,14-15H,12-13H2,1H3. The van der Waals surface area contributed by atoms with E-state index in [1.807, 2.05) is 29.2 Å². The molecule has 0 N–H and O–H groups in total. The highest BCUT2D eigenvalue weighted by Gasteiger charge is 2.28. The molecule has 0 saturated heterocycles. The SMILES string of the molecule is CC1c2cccn2CCN1C(=O)c1cccc(Oc2ccncc2)c1. The molecule has 5 heteroatoms. The first-order valence-electron chi connectivity index (χ1n) is 8.36. The van der Waals surface area contributed by atoms with Crippen LogP contribution in [0.4, 0.5) is 0 Å². The van der Waals surface area contributed by atoms with Crippen LogP contribution < -0.4 is 4.74 Å². The van der Waals surface area contributed by atoms with Crippen LogP contribution >= 0.6 is 0 Å². The second kappa shape index (κ2) is 6.43. The third-order valence-corrected chi connectivity index (χ3v) is 4.57. The molecule has 4 rings (SSSR count). The van der Waals surface area contributed by atoms with Crippen LogP contribution in [0.2, 0.25) is 0 Å². The van der Waals surface area contributed by atoms with E-state index in [9.17, 15) is 4.79 Å². The highest BCUT2D eigenvalue weighted by molar-refractivity contribution is 5.95. The van der Waals surface area contributed by atoms with E-state index in [-0.39, 0.29) is 11.9 Å². The molecule has 1 atom stereocenters. The summed E-state index contributed by atoms with van der Waals surface area (Å²) in [6.45, 7) is 3.60. The molecule has 3 aromatic rings. The van der Waals surface area contributed by atoms with Gasteiger partial charge < -0.3 is 14.2 Å². The van der Waals surface area contributed by atoms with Crippen molar-refractivity contribution in [3.05, 3.63) is 78.4 Å². The lowest BCUT2D eigenvalue weighted by Gasteiger charge is -2.35. The zero-order valence-corrected chi connectivity index (χ0v) is 14.0. The van der Waals surface area contributed by atoms with E-state index in [0.717, 1.165) is 6.54 Å². The summed E-state index contributed by atoms with van der Waals surface area (Å²) in [7, 11) is 0. The minimum atomic E-state index is 0.0279. The molecular formula is C20H19N3O2. The Labute approximate surface area is 146 Å². The Morgan fingerprint density at radius 2 is 1.92 bits per heavy atom. The predicted octanol–water partition coefficient (Wildman–Crippen LogP) is 3.89. The maximum atomic E-state index is 13.0. The first-order valence-corrected chi connectivity index (χ1v) is 8.36. The number of carbonyl (C=O) groups is 1. The van der Waals surface area contributed by atoms with Gasteiger partial charge in [-0.15, -0.1) is 0 Å². The minimum Gasteiger partial charge on any atom is -0.457 e. The van der Waals surface area contributed by atoms with Crippen molar-refractivity contribution in [3.63, 3.8) is 0 Å². The van der Waals surface area contributed by atoms with E-state index in [2.05, 4.69) is 28.7 Å². The number of ether oxygens (including phenoxy) is 1. The van der Waals surface area contributed by atoms with Gasteiger partial charge in [-0.1, -0.05) is 6.07 Å². The number of nitrogens with zero attached hydrogens (tertiary/aromatic N) is 3. The number of hydrogen-bond donors (Lipinski definition) is 0. The monoisotopic (exact) mass is 333 g/mol. The number of rotatable bonds is 3. The van der Waals surface area contributed by atoms with Crippen LogP contribution in [0.5, 0.6) is 11.5 Å². The van der Waals surface area contributed by atoms with E-state index < -0.39 is 0 Å². The molecule has 5 nitrogen and oxygen atoms in total. The molecule has 1 amide bonds. The predicted molar refractivity (Wildman–Crippen MR) is 94.6 cm³/mol. The number of hydrogen-bond acceptors (Lipinski definition) is 3. The largest absolute Gasteiger partial charge is 0.457 e. The minimum absolute atomic E-state index is 0.0279. The molecule has 0 radical (unpaired) electrons. The van der Waals surface area contributed by atoms with Gasteiger partial charge in [0.25, 0.3) is 5.91 Å². The summed E-state index contributed by atoms with van der Waals surface area (Å²) in [4.78, 5) is 18.9. The van der Waals surface area contributed by atoms with Gasteiger partial charge in [0.05, 0.1) is 6.04 Å². The number of carbonyl (C=O) groups excluding carboxylic acids is 1. The van der Waals surface area contributed by atoms with Crippen LogP contribution in [0, 0.1) is 0 Å². The molecule has 0 spiro atoms. The summed E-state index contributed by atoms with van der Waals surface area (Å²) >= 11 is 0. The van der Waals surface area contributed by atoms with E-state index >= 15 is 0 Å². The first kappa shape index (κ1) is 15.4. The smallest absolute Gasteiger partial charge is 0.254 e. The Morgan fingerprint density at radius 1 is 1.08 bits per heavy atom. The fourth-order valence-corrected chi connectivity index (χ4v) is 3.26. The third kappa shape index (κ3) is 3.01. The second-order valence-electron chi connectivity index (χ2n) is 6.11. The topological polar surface area (TPSA) is 47.4 Å². The van der Waals surface area contributed by atoms with Crippen LogP contribution in [0.25, 0.3) is 0 Å². The average molecular weight is 333 g/mol. The van der Waals surface area contributed by atoms with Gasteiger partial charge in [0, 0.05) is 42.9 Å². The summed E-state index contributed by atoms with van der Waals surface area (Å²) in [6.07, 6.45) is 5.42. The molecule has 2 aromatic heterocycles. The van der Waals surface area contributed by atoms with Gasteiger partial charge in [-0.3, -0.25) is 9.78 Å². The normalized spacial score (nSPS) is 16.4. The van der Waals surface area contributed by atoms with Crippen molar-refractivity contribution < 1.29 is 9.53 Å². The lowest BCUT2D eigenvalue weighted by atomic mass is 10.1. The van der Waals surface area contributed by atoms with E-state index in [4.69, 9.17) is 4.74 Å². The van der Waals surface area contributed by atoms with Crippen molar-refractivity contribution in [2.24, 2.45) is 0 Å². The molecule has 1 aliphatic rings. The number of fused-ring (bicyclic) bond motifs is 1. The molecule has 1 aromatic carbocycles. The van der Waals surface area contributed by atoms with E-state index in [1.165, 1.54) is 5.69 Å². The highest BCUT2D eigenvalue weighted by Crippen LogP contribution is 2.28. The van der Waals surface area contributed by atoms with Crippen molar-refractivity contribution in [2.75, 3.05) is 6.54 Å². The zero-order chi connectivity index (χ0) is 17.2. The molecule has 0 bridgehead atoms. The van der Waals surface area contributed by atoms with Crippen molar-refractivity contribution in [1.29, 1.82) is 0 Å². The van der Waals surface area contributed by atoms with Crippen LogP contribution in [0.3, 0.4) is 0 Å². The van der Waals surface area contributed by atoms with Crippen LogP contribution in [0.1, 0.15) is 29.0 Å². The first-order chi connectivity index (χ1) is 12.2. The van der Waals surface area contributed by atoms with Crippen molar-refractivity contribution in [3.8, 4) is 11.5 Å². The molecule has 25 heavy (non-hydrogen) atoms. The second-order valence-corrected chi connectivity index (χ2v) is 6.11. The summed E-state index contributed by atoms with van der Waals surface area (Å²) in [6, 6.07) is 15.1. The van der Waals surface area contributed by atoms with Gasteiger partial charge in [-0.2, -0.15) is 0 Å². The summed E-state index contributed by atoms with van der Waals surface area (Å²) in [5.74, 6) is 1.37. The molecule has 0 saturated carbocycles. The molecule has 3 heterocycles. The maximum absolute atomic E-state index is 13.0. The Balaban J connectivity index is 1.56. The number of benzene rings is 1. The molecule has 0 fully saturated rings. The quantitative estimate of drug-likeness (QED) is 0.730. The number of amides is 1. The maximum Gasteiger partial charge on any atom is 0.254 e. The van der Waals surface area contributed by atoms with Crippen molar-refractivity contribution in [1.82, 2.24) is 14.5 Å². The molecule has 0 aliphatic carbocycles. The Hall–Kier alpha value is -3.08. The van der Waals surface area contributed by atoms with Crippen LogP contribution in [0.15, 0.2) is 67.1 Å². The number of aromatic nitrogens is 2. The van der Waals surface area contributed by atoms with Gasteiger partial charge in [0.15, 0.2) is 0 Å². The fourth-order valence-electron chi connectivity index (χ4n) is 3.26. The van der Waals surface area contributed by atoms with Gasteiger partial charge in [-0.25, -0.2) is 0 Å². The summed E-state index contributed by atoms with van der Waals surface area (Å²) in [5.41, 5.74) is 1.81. The summed E-state index contributed by atoms with van der Waals surface area (Å²) in [5, 5.41) is 0.